The van der Waals surface area contributed by atoms with Crippen LogP contribution < -0.4 is 9.46 Å². The molecular weight excluding hydrogens is 295 g/mol. The zero-order valence-electron chi connectivity index (χ0n) is 11.2. The van der Waals surface area contributed by atoms with E-state index in [0.29, 0.717) is 0 Å². The van der Waals surface area contributed by atoms with Crippen molar-refractivity contribution in [3.8, 4) is 5.75 Å². The van der Waals surface area contributed by atoms with Gasteiger partial charge < -0.3 is 4.74 Å². The molecule has 0 amide bonds. The summed E-state index contributed by atoms with van der Waals surface area (Å²) in [6, 6.07) is 3.77. The second kappa shape index (κ2) is 6.01. The van der Waals surface area contributed by atoms with E-state index in [1.54, 1.807) is 6.92 Å². The molecule has 1 atom stereocenters. The Hall–Kier alpha value is -1.28. The standard InChI is InChI=1S/C12H16F3NO3S/c1-8(2)9(3)16-20(17,18)11-6-4-10(5-7-11)19-12(13,14)15/h4-9,16H,1-3H3. The quantitative estimate of drug-likeness (QED) is 0.909. The van der Waals surface area contributed by atoms with Gasteiger partial charge >= 0.3 is 6.36 Å². The van der Waals surface area contributed by atoms with Gasteiger partial charge in [-0.15, -0.1) is 13.2 Å². The molecule has 0 heterocycles. The normalized spacial score (nSPS) is 14.3. The maximum Gasteiger partial charge on any atom is 0.573 e. The van der Waals surface area contributed by atoms with Crippen molar-refractivity contribution in [3.63, 3.8) is 0 Å². The SMILES string of the molecule is CC(C)C(C)NS(=O)(=O)c1ccc(OC(F)(F)F)cc1. The molecule has 1 N–H and O–H groups in total. The van der Waals surface area contributed by atoms with Crippen LogP contribution in [0, 0.1) is 5.92 Å². The number of sulfonamides is 1. The first-order chi connectivity index (χ1) is 9.01. The van der Waals surface area contributed by atoms with Gasteiger partial charge in [0.1, 0.15) is 5.75 Å². The molecule has 8 heteroatoms. The molecule has 114 valence electrons. The average Bonchev–Trinajstić information content (AvgIpc) is 2.26. The molecule has 0 saturated carbocycles. The third kappa shape index (κ3) is 5.01. The lowest BCUT2D eigenvalue weighted by Gasteiger charge is -2.17. The second-order valence-corrected chi connectivity index (χ2v) is 6.39. The minimum Gasteiger partial charge on any atom is -0.406 e. The molecule has 1 aromatic carbocycles. The number of rotatable bonds is 5. The monoisotopic (exact) mass is 311 g/mol. The van der Waals surface area contributed by atoms with Gasteiger partial charge in [-0.05, 0) is 37.1 Å². The maximum atomic E-state index is 12.0. The van der Waals surface area contributed by atoms with Crippen LogP contribution in [0.5, 0.6) is 5.75 Å². The summed E-state index contributed by atoms with van der Waals surface area (Å²) in [6.07, 6.45) is -4.80. The van der Waals surface area contributed by atoms with Crippen LogP contribution in [0.25, 0.3) is 0 Å². The summed E-state index contributed by atoms with van der Waals surface area (Å²) >= 11 is 0. The van der Waals surface area contributed by atoms with E-state index in [9.17, 15) is 21.6 Å². The summed E-state index contributed by atoms with van der Waals surface area (Å²) in [5.41, 5.74) is 0. The lowest BCUT2D eigenvalue weighted by atomic mass is 10.1. The van der Waals surface area contributed by atoms with Gasteiger partial charge in [0.25, 0.3) is 0 Å². The Morgan fingerprint density at radius 1 is 1.10 bits per heavy atom. The van der Waals surface area contributed by atoms with E-state index in [4.69, 9.17) is 0 Å². The number of halogens is 3. The predicted molar refractivity (Wildman–Crippen MR) is 67.7 cm³/mol. The van der Waals surface area contributed by atoms with Crippen molar-refractivity contribution in [2.45, 2.75) is 38.1 Å². The number of benzene rings is 1. The van der Waals surface area contributed by atoms with Crippen molar-refractivity contribution in [2.24, 2.45) is 5.92 Å². The van der Waals surface area contributed by atoms with Crippen LogP contribution in [0.1, 0.15) is 20.8 Å². The highest BCUT2D eigenvalue weighted by Gasteiger charge is 2.31. The van der Waals surface area contributed by atoms with Crippen LogP contribution in [0.2, 0.25) is 0 Å². The molecule has 1 aromatic rings. The fraction of sp³-hybridized carbons (Fsp3) is 0.500. The summed E-state index contributed by atoms with van der Waals surface area (Å²) in [5.74, 6) is -0.369. The molecule has 0 aromatic heterocycles. The first-order valence-electron chi connectivity index (χ1n) is 5.89. The second-order valence-electron chi connectivity index (χ2n) is 4.67. The van der Waals surface area contributed by atoms with Crippen LogP contribution in [0.3, 0.4) is 0 Å². The predicted octanol–water partition coefficient (Wildman–Crippen LogP) is 2.91. The molecule has 20 heavy (non-hydrogen) atoms. The fourth-order valence-corrected chi connectivity index (χ4v) is 2.66. The third-order valence-electron chi connectivity index (χ3n) is 2.71. The van der Waals surface area contributed by atoms with Crippen LogP contribution in [-0.4, -0.2) is 20.8 Å². The molecular formula is C12H16F3NO3S. The van der Waals surface area contributed by atoms with E-state index >= 15 is 0 Å². The Labute approximate surface area is 116 Å². The summed E-state index contributed by atoms with van der Waals surface area (Å²) < 4.78 is 66.0. The summed E-state index contributed by atoms with van der Waals surface area (Å²) in [5, 5.41) is 0. The molecule has 0 fully saturated rings. The molecule has 0 aliphatic rings. The number of alkyl halides is 3. The molecule has 0 aliphatic carbocycles. The Morgan fingerprint density at radius 3 is 2.00 bits per heavy atom. The summed E-state index contributed by atoms with van der Waals surface area (Å²) in [6.45, 7) is 5.42. The van der Waals surface area contributed by atoms with Crippen LogP contribution in [0.15, 0.2) is 29.2 Å². The minimum absolute atomic E-state index is 0.0950. The Bertz CT molecular complexity index is 538. The molecule has 1 unspecified atom stereocenters. The van der Waals surface area contributed by atoms with Crippen LogP contribution in [-0.2, 0) is 10.0 Å². The first-order valence-corrected chi connectivity index (χ1v) is 7.38. The molecule has 0 radical (unpaired) electrons. The lowest BCUT2D eigenvalue weighted by Crippen LogP contribution is -2.36. The van der Waals surface area contributed by atoms with E-state index in [2.05, 4.69) is 9.46 Å². The zero-order chi connectivity index (χ0) is 15.6. The van der Waals surface area contributed by atoms with Crippen LogP contribution >= 0.6 is 0 Å². The molecule has 0 saturated heterocycles. The highest BCUT2D eigenvalue weighted by atomic mass is 32.2. The van der Waals surface area contributed by atoms with Crippen molar-refractivity contribution < 1.29 is 26.3 Å². The van der Waals surface area contributed by atoms with Gasteiger partial charge in [-0.1, -0.05) is 13.8 Å². The van der Waals surface area contributed by atoms with Gasteiger partial charge in [-0.25, -0.2) is 13.1 Å². The smallest absolute Gasteiger partial charge is 0.406 e. The van der Waals surface area contributed by atoms with Gasteiger partial charge in [0.15, 0.2) is 0 Å². The highest BCUT2D eigenvalue weighted by Crippen LogP contribution is 2.24. The number of ether oxygens (including phenoxy) is 1. The summed E-state index contributed by atoms with van der Waals surface area (Å²) in [4.78, 5) is -0.112. The number of hydrogen-bond acceptors (Lipinski definition) is 3. The van der Waals surface area contributed by atoms with Crippen LogP contribution in [0.4, 0.5) is 13.2 Å². The van der Waals surface area contributed by atoms with E-state index in [-0.39, 0.29) is 16.9 Å². The van der Waals surface area contributed by atoms with Gasteiger partial charge in [0, 0.05) is 6.04 Å². The molecule has 0 bridgehead atoms. The Balaban J connectivity index is 2.87. The van der Waals surface area contributed by atoms with Crippen molar-refractivity contribution >= 4 is 10.0 Å². The van der Waals surface area contributed by atoms with Gasteiger partial charge in [-0.3, -0.25) is 0 Å². The number of nitrogens with one attached hydrogen (secondary N) is 1. The van der Waals surface area contributed by atoms with E-state index in [0.717, 1.165) is 24.3 Å². The van der Waals surface area contributed by atoms with Gasteiger partial charge in [0.2, 0.25) is 10.0 Å². The fourth-order valence-electron chi connectivity index (χ4n) is 1.27. The molecule has 1 rings (SSSR count). The first kappa shape index (κ1) is 16.8. The average molecular weight is 311 g/mol. The molecule has 4 nitrogen and oxygen atoms in total. The summed E-state index contributed by atoms with van der Waals surface area (Å²) in [7, 11) is -3.75. The zero-order valence-corrected chi connectivity index (χ0v) is 12.0. The van der Waals surface area contributed by atoms with Crippen molar-refractivity contribution in [3.05, 3.63) is 24.3 Å². The lowest BCUT2D eigenvalue weighted by molar-refractivity contribution is -0.274. The number of hydrogen-bond donors (Lipinski definition) is 1. The highest BCUT2D eigenvalue weighted by molar-refractivity contribution is 7.89. The van der Waals surface area contributed by atoms with Crippen molar-refractivity contribution in [1.82, 2.24) is 4.72 Å². The van der Waals surface area contributed by atoms with Crippen molar-refractivity contribution in [2.75, 3.05) is 0 Å². The molecule has 0 aliphatic heterocycles. The topological polar surface area (TPSA) is 55.4 Å². The van der Waals surface area contributed by atoms with Crippen molar-refractivity contribution in [1.29, 1.82) is 0 Å². The Morgan fingerprint density at radius 2 is 1.60 bits per heavy atom. The van der Waals surface area contributed by atoms with E-state index < -0.39 is 22.1 Å². The minimum atomic E-state index is -4.80. The third-order valence-corrected chi connectivity index (χ3v) is 4.28. The van der Waals surface area contributed by atoms with E-state index in [1.807, 2.05) is 13.8 Å². The molecule has 0 spiro atoms. The van der Waals surface area contributed by atoms with Gasteiger partial charge in [0.05, 0.1) is 4.90 Å². The Kier molecular flexibility index (Phi) is 5.04. The largest absolute Gasteiger partial charge is 0.573 e. The van der Waals surface area contributed by atoms with E-state index in [1.165, 1.54) is 0 Å². The maximum absolute atomic E-state index is 12.0. The van der Waals surface area contributed by atoms with Gasteiger partial charge in [-0.2, -0.15) is 0 Å².